The number of benzene rings is 1. The largest absolute Gasteiger partial charge is 0.225 e. The second-order valence-corrected chi connectivity index (χ2v) is 8.32. The first kappa shape index (κ1) is 19.8. The zero-order chi connectivity index (χ0) is 16.6. The number of halogens is 6. The molecule has 3 nitrogen and oxygen atoms in total. The summed E-state index contributed by atoms with van der Waals surface area (Å²) in [5, 5.41) is 0. The summed E-state index contributed by atoms with van der Waals surface area (Å²) in [6.07, 6.45) is 5.85. The van der Waals surface area contributed by atoms with Crippen molar-refractivity contribution in [1.82, 2.24) is 15.0 Å². The van der Waals surface area contributed by atoms with Gasteiger partial charge in [0, 0.05) is 5.57 Å². The van der Waals surface area contributed by atoms with E-state index in [2.05, 4.69) is 15.0 Å². The number of nitrogens with zero attached hydrogens (tertiary/aromatic N) is 3. The average molecular weight is 420 g/mol. The molecule has 0 bridgehead atoms. The van der Waals surface area contributed by atoms with E-state index in [1.807, 2.05) is 30.3 Å². The van der Waals surface area contributed by atoms with Crippen LogP contribution in [0.15, 0.2) is 54.9 Å². The van der Waals surface area contributed by atoms with Crippen LogP contribution in [0.4, 0.5) is 0 Å². The molecule has 2 rings (SSSR count). The zero-order valence-corrected chi connectivity index (χ0v) is 15.3. The number of hydrogen-bond acceptors (Lipinski definition) is 3. The van der Waals surface area contributed by atoms with Gasteiger partial charge >= 0.3 is 0 Å². The molecule has 0 saturated carbocycles. The fourth-order valence-electron chi connectivity index (χ4n) is 1.25. The Kier molecular flexibility index (Phi) is 8.19. The molecule has 0 N–H and O–H groups in total. The van der Waals surface area contributed by atoms with Crippen molar-refractivity contribution >= 4 is 75.7 Å². The van der Waals surface area contributed by atoms with Gasteiger partial charge in [0.1, 0.15) is 19.0 Å². The summed E-state index contributed by atoms with van der Waals surface area (Å²) in [5.74, 6) is 0. The molecule has 0 aliphatic rings. The standard InChI is InChI=1S/C10H6Cl6.C3H3N3/c11-9(12,13)8(10(14,15)16)6-7-4-2-1-3-5-7;1-4-2-6-3-5-1/h1-6H;1-3H. The van der Waals surface area contributed by atoms with Gasteiger partial charge in [0.2, 0.25) is 7.59 Å². The van der Waals surface area contributed by atoms with Crippen molar-refractivity contribution in [1.29, 1.82) is 0 Å². The predicted octanol–water partition coefficient (Wildman–Crippen LogP) is 5.68. The van der Waals surface area contributed by atoms with E-state index in [1.165, 1.54) is 19.0 Å². The van der Waals surface area contributed by atoms with Crippen molar-refractivity contribution in [3.63, 3.8) is 0 Å². The van der Waals surface area contributed by atoms with E-state index < -0.39 is 7.59 Å². The predicted molar refractivity (Wildman–Crippen MR) is 94.8 cm³/mol. The summed E-state index contributed by atoms with van der Waals surface area (Å²) in [4.78, 5) is 10.7. The smallest absolute Gasteiger partial charge is 0.216 e. The lowest BCUT2D eigenvalue weighted by Crippen LogP contribution is -2.20. The summed E-state index contributed by atoms with van der Waals surface area (Å²) in [6.45, 7) is 0. The number of alkyl halides is 6. The number of hydrogen-bond donors (Lipinski definition) is 0. The molecule has 0 fully saturated rings. The van der Waals surface area contributed by atoms with Gasteiger partial charge in [-0.2, -0.15) is 0 Å². The van der Waals surface area contributed by atoms with Gasteiger partial charge in [0.15, 0.2) is 0 Å². The maximum absolute atomic E-state index is 5.74. The summed E-state index contributed by atoms with van der Waals surface area (Å²) >= 11 is 34.5. The number of allylic oxidation sites excluding steroid dienone is 1. The Balaban J connectivity index is 0.000000335. The first-order chi connectivity index (χ1) is 10.2. The van der Waals surface area contributed by atoms with Crippen molar-refractivity contribution in [2.24, 2.45) is 0 Å². The molecule has 9 heteroatoms. The van der Waals surface area contributed by atoms with E-state index in [0.717, 1.165) is 5.56 Å². The topological polar surface area (TPSA) is 38.7 Å². The molecule has 2 aromatic rings. The van der Waals surface area contributed by atoms with Crippen LogP contribution in [0.3, 0.4) is 0 Å². The van der Waals surface area contributed by atoms with Gasteiger partial charge < -0.3 is 0 Å². The van der Waals surface area contributed by atoms with Crippen LogP contribution < -0.4 is 0 Å². The highest BCUT2D eigenvalue weighted by atomic mass is 35.6. The molecular weight excluding hydrogens is 411 g/mol. The van der Waals surface area contributed by atoms with Crippen LogP contribution in [0.5, 0.6) is 0 Å². The molecule has 0 atom stereocenters. The van der Waals surface area contributed by atoms with Gasteiger partial charge in [-0.3, -0.25) is 0 Å². The molecular formula is C13H9Cl6N3. The maximum Gasteiger partial charge on any atom is 0.216 e. The lowest BCUT2D eigenvalue weighted by molar-refractivity contribution is 1.05. The van der Waals surface area contributed by atoms with Crippen LogP contribution in [0.25, 0.3) is 6.08 Å². The lowest BCUT2D eigenvalue weighted by atomic mass is 10.1. The van der Waals surface area contributed by atoms with Gasteiger partial charge in [-0.05, 0) is 11.6 Å². The molecule has 0 spiro atoms. The third-order valence-electron chi connectivity index (χ3n) is 2.12. The first-order valence-corrected chi connectivity index (χ1v) is 7.94. The minimum absolute atomic E-state index is 0.0844. The van der Waals surface area contributed by atoms with E-state index in [1.54, 1.807) is 6.08 Å². The Labute approximate surface area is 158 Å². The van der Waals surface area contributed by atoms with Gasteiger partial charge in [-0.15, -0.1) is 0 Å². The quantitative estimate of drug-likeness (QED) is 0.558. The Morgan fingerprint density at radius 3 is 1.45 bits per heavy atom. The molecule has 22 heavy (non-hydrogen) atoms. The van der Waals surface area contributed by atoms with Crippen molar-refractivity contribution in [2.75, 3.05) is 0 Å². The molecule has 0 amide bonds. The molecule has 0 aliphatic heterocycles. The summed E-state index contributed by atoms with van der Waals surface area (Å²) in [6, 6.07) is 9.15. The Bertz CT molecular complexity index is 536. The average Bonchev–Trinajstić information content (AvgIpc) is 2.46. The summed E-state index contributed by atoms with van der Waals surface area (Å²) < 4.78 is -3.53. The zero-order valence-electron chi connectivity index (χ0n) is 10.8. The highest BCUT2D eigenvalue weighted by Crippen LogP contribution is 2.48. The second-order valence-electron chi connectivity index (χ2n) is 3.76. The van der Waals surface area contributed by atoms with E-state index in [0.29, 0.717) is 0 Å². The van der Waals surface area contributed by atoms with E-state index >= 15 is 0 Å². The Morgan fingerprint density at radius 2 is 1.14 bits per heavy atom. The van der Waals surface area contributed by atoms with Crippen molar-refractivity contribution < 1.29 is 0 Å². The van der Waals surface area contributed by atoms with Crippen LogP contribution in [-0.4, -0.2) is 22.5 Å². The lowest BCUT2D eigenvalue weighted by Gasteiger charge is -2.22. The van der Waals surface area contributed by atoms with Gasteiger partial charge in [-0.1, -0.05) is 99.9 Å². The molecule has 1 heterocycles. The molecule has 0 radical (unpaired) electrons. The highest BCUT2D eigenvalue weighted by molar-refractivity contribution is 6.76. The SMILES string of the molecule is ClC(Cl)(Cl)C(=Cc1ccccc1)C(Cl)(Cl)Cl.c1ncncn1. The fraction of sp³-hybridized carbons (Fsp3) is 0.154. The van der Waals surface area contributed by atoms with Gasteiger partial charge in [0.25, 0.3) is 0 Å². The second kappa shape index (κ2) is 9.11. The Hall–Kier alpha value is -0.290. The van der Waals surface area contributed by atoms with Crippen LogP contribution in [-0.2, 0) is 0 Å². The molecule has 0 unspecified atom stereocenters. The van der Waals surface area contributed by atoms with Crippen LogP contribution in [0.1, 0.15) is 5.56 Å². The van der Waals surface area contributed by atoms with E-state index in [-0.39, 0.29) is 5.57 Å². The fourth-order valence-corrected chi connectivity index (χ4v) is 2.86. The molecule has 1 aromatic carbocycles. The van der Waals surface area contributed by atoms with E-state index in [9.17, 15) is 0 Å². The third kappa shape index (κ3) is 7.82. The molecule has 118 valence electrons. The van der Waals surface area contributed by atoms with Crippen molar-refractivity contribution in [3.05, 3.63) is 60.5 Å². The summed E-state index contributed by atoms with van der Waals surface area (Å²) in [7, 11) is 0. The minimum Gasteiger partial charge on any atom is -0.225 e. The van der Waals surface area contributed by atoms with Crippen LogP contribution >= 0.6 is 69.6 Å². The molecule has 0 saturated heterocycles. The van der Waals surface area contributed by atoms with Crippen molar-refractivity contribution in [3.8, 4) is 0 Å². The normalized spacial score (nSPS) is 11.2. The van der Waals surface area contributed by atoms with Crippen molar-refractivity contribution in [2.45, 2.75) is 7.59 Å². The molecule has 1 aromatic heterocycles. The maximum atomic E-state index is 5.74. The van der Waals surface area contributed by atoms with E-state index in [4.69, 9.17) is 69.6 Å². The van der Waals surface area contributed by atoms with Gasteiger partial charge in [-0.25, -0.2) is 15.0 Å². The molecule has 0 aliphatic carbocycles. The Morgan fingerprint density at radius 1 is 0.727 bits per heavy atom. The summed E-state index contributed by atoms with van der Waals surface area (Å²) in [5.41, 5.74) is 0.872. The first-order valence-electron chi connectivity index (χ1n) is 5.67. The number of aromatic nitrogens is 3. The van der Waals surface area contributed by atoms with Crippen LogP contribution in [0.2, 0.25) is 0 Å². The number of rotatable bonds is 1. The highest BCUT2D eigenvalue weighted by Gasteiger charge is 2.40. The third-order valence-corrected chi connectivity index (χ3v) is 3.34. The van der Waals surface area contributed by atoms with Gasteiger partial charge in [0.05, 0.1) is 0 Å². The minimum atomic E-state index is -1.76. The van der Waals surface area contributed by atoms with Crippen LogP contribution in [0, 0.1) is 0 Å². The monoisotopic (exact) mass is 417 g/mol.